The largest absolute Gasteiger partial charge is 0.331 e. The highest BCUT2D eigenvalue weighted by molar-refractivity contribution is 5.74. The van der Waals surface area contributed by atoms with Crippen molar-refractivity contribution >= 4 is 6.03 Å². The Morgan fingerprint density at radius 3 is 2.14 bits per heavy atom. The second kappa shape index (κ2) is 6.29. The molecule has 0 unspecified atom stereocenters. The number of amides is 2. The van der Waals surface area contributed by atoms with Crippen molar-refractivity contribution in [1.29, 1.82) is 0 Å². The van der Waals surface area contributed by atoms with E-state index >= 15 is 0 Å². The quantitative estimate of drug-likeness (QED) is 0.840. The number of hydrogen-bond donors (Lipinski definition) is 0. The second-order valence-electron chi connectivity index (χ2n) is 6.76. The molecule has 3 rings (SSSR count). The summed E-state index contributed by atoms with van der Waals surface area (Å²) in [7, 11) is 3.67. The molecule has 0 saturated carbocycles. The van der Waals surface area contributed by atoms with Crippen molar-refractivity contribution < 1.29 is 4.79 Å². The minimum absolute atomic E-state index is 0.126. The minimum Gasteiger partial charge on any atom is -0.331 e. The van der Waals surface area contributed by atoms with E-state index in [-0.39, 0.29) is 11.6 Å². The molecule has 2 heterocycles. The lowest BCUT2D eigenvalue weighted by atomic mass is 9.79. The molecule has 4 heteroatoms. The summed E-state index contributed by atoms with van der Waals surface area (Å²) in [4.78, 5) is 18.6. The van der Waals surface area contributed by atoms with E-state index in [1.165, 1.54) is 31.5 Å². The third-order valence-electron chi connectivity index (χ3n) is 5.27. The van der Waals surface area contributed by atoms with Crippen LogP contribution in [-0.4, -0.2) is 61.0 Å². The van der Waals surface area contributed by atoms with Crippen LogP contribution in [0.2, 0.25) is 0 Å². The summed E-state index contributed by atoms with van der Waals surface area (Å²) < 4.78 is 0. The fraction of sp³-hybridized carbons (Fsp3) is 0.611. The molecule has 120 valence electrons. The van der Waals surface area contributed by atoms with Crippen LogP contribution in [0, 0.1) is 0 Å². The maximum Gasteiger partial charge on any atom is 0.319 e. The monoisotopic (exact) mass is 301 g/mol. The van der Waals surface area contributed by atoms with Gasteiger partial charge in [0.05, 0.1) is 0 Å². The highest BCUT2D eigenvalue weighted by Crippen LogP contribution is 2.40. The number of urea groups is 1. The van der Waals surface area contributed by atoms with E-state index in [9.17, 15) is 4.79 Å². The van der Waals surface area contributed by atoms with Crippen molar-refractivity contribution in [3.8, 4) is 0 Å². The molecule has 2 fully saturated rings. The number of likely N-dealkylation sites (tertiary alicyclic amines) is 2. The Kier molecular flexibility index (Phi) is 4.39. The van der Waals surface area contributed by atoms with Gasteiger partial charge in [-0.1, -0.05) is 30.3 Å². The van der Waals surface area contributed by atoms with Gasteiger partial charge in [0.1, 0.15) is 0 Å². The van der Waals surface area contributed by atoms with Crippen molar-refractivity contribution in [3.63, 3.8) is 0 Å². The van der Waals surface area contributed by atoms with Crippen LogP contribution in [0.4, 0.5) is 4.79 Å². The van der Waals surface area contributed by atoms with Crippen molar-refractivity contribution in [2.24, 2.45) is 0 Å². The molecule has 1 aromatic rings. The number of carbonyl (C=O) groups excluding carboxylic acids is 1. The average molecular weight is 301 g/mol. The number of nitrogens with zero attached hydrogens (tertiary/aromatic N) is 3. The first-order valence-electron chi connectivity index (χ1n) is 8.40. The normalized spacial score (nSPS) is 21.8. The van der Waals surface area contributed by atoms with Crippen LogP contribution >= 0.6 is 0 Å². The molecule has 2 saturated heterocycles. The lowest BCUT2D eigenvalue weighted by Gasteiger charge is -2.48. The van der Waals surface area contributed by atoms with Crippen molar-refractivity contribution in [3.05, 3.63) is 35.9 Å². The zero-order valence-electron chi connectivity index (χ0n) is 13.8. The highest BCUT2D eigenvalue weighted by Gasteiger charge is 2.43. The van der Waals surface area contributed by atoms with Gasteiger partial charge in [-0.05, 0) is 44.3 Å². The summed E-state index contributed by atoms with van der Waals surface area (Å²) in [5.41, 5.74) is 1.55. The lowest BCUT2D eigenvalue weighted by Crippen LogP contribution is -2.54. The van der Waals surface area contributed by atoms with Crippen LogP contribution in [0.25, 0.3) is 0 Å². The highest BCUT2D eigenvalue weighted by atomic mass is 16.2. The molecule has 1 aromatic carbocycles. The maximum absolute atomic E-state index is 12.2. The first-order valence-corrected chi connectivity index (χ1v) is 8.40. The summed E-state index contributed by atoms with van der Waals surface area (Å²) in [6, 6.07) is 11.0. The van der Waals surface area contributed by atoms with E-state index in [1.54, 1.807) is 4.90 Å². The molecule has 0 spiro atoms. The zero-order valence-corrected chi connectivity index (χ0v) is 13.8. The summed E-state index contributed by atoms with van der Waals surface area (Å²) in [5.74, 6) is 0. The third kappa shape index (κ3) is 2.72. The minimum atomic E-state index is 0.126. The SMILES string of the molecule is CN(C)C(=O)N1CCC(c2ccccc2)(N2CCCC2)CC1. The molecular weight excluding hydrogens is 274 g/mol. The Bertz CT molecular complexity index is 500. The van der Waals surface area contributed by atoms with Gasteiger partial charge in [-0.15, -0.1) is 0 Å². The molecule has 2 amide bonds. The number of hydrogen-bond acceptors (Lipinski definition) is 2. The molecule has 0 atom stereocenters. The van der Waals surface area contributed by atoms with E-state index in [4.69, 9.17) is 0 Å². The Morgan fingerprint density at radius 2 is 1.59 bits per heavy atom. The van der Waals surface area contributed by atoms with Crippen molar-refractivity contribution in [2.45, 2.75) is 31.2 Å². The molecule has 0 N–H and O–H groups in total. The van der Waals surface area contributed by atoms with E-state index < -0.39 is 0 Å². The number of rotatable bonds is 2. The summed E-state index contributed by atoms with van der Waals surface area (Å²) in [6.45, 7) is 4.08. The van der Waals surface area contributed by atoms with Crippen LogP contribution in [-0.2, 0) is 5.54 Å². The Balaban J connectivity index is 1.82. The molecule has 0 bridgehead atoms. The number of piperidine rings is 1. The van der Waals surface area contributed by atoms with Gasteiger partial charge in [0.15, 0.2) is 0 Å². The molecular formula is C18H27N3O. The zero-order chi connectivity index (χ0) is 15.6. The van der Waals surface area contributed by atoms with Gasteiger partial charge in [0.25, 0.3) is 0 Å². The summed E-state index contributed by atoms with van der Waals surface area (Å²) in [5, 5.41) is 0. The van der Waals surface area contributed by atoms with Crippen LogP contribution in [0.1, 0.15) is 31.2 Å². The summed E-state index contributed by atoms with van der Waals surface area (Å²) in [6.07, 6.45) is 4.68. The third-order valence-corrected chi connectivity index (χ3v) is 5.27. The van der Waals surface area contributed by atoms with Crippen LogP contribution in [0.5, 0.6) is 0 Å². The fourth-order valence-electron chi connectivity index (χ4n) is 4.03. The smallest absolute Gasteiger partial charge is 0.319 e. The number of carbonyl (C=O) groups is 1. The average Bonchev–Trinajstić information content (AvgIpc) is 3.10. The van der Waals surface area contributed by atoms with E-state index in [2.05, 4.69) is 35.2 Å². The van der Waals surface area contributed by atoms with Gasteiger partial charge >= 0.3 is 6.03 Å². The predicted octanol–water partition coefficient (Wildman–Crippen LogP) is 2.76. The Hall–Kier alpha value is -1.55. The van der Waals surface area contributed by atoms with Gasteiger partial charge in [0.2, 0.25) is 0 Å². The molecule has 2 aliphatic rings. The first-order chi connectivity index (χ1) is 10.6. The Morgan fingerprint density at radius 1 is 1.00 bits per heavy atom. The summed E-state index contributed by atoms with van der Waals surface area (Å²) >= 11 is 0. The second-order valence-corrected chi connectivity index (χ2v) is 6.76. The molecule has 4 nitrogen and oxygen atoms in total. The van der Waals surface area contributed by atoms with E-state index in [0.29, 0.717) is 0 Å². The van der Waals surface area contributed by atoms with Crippen LogP contribution < -0.4 is 0 Å². The molecule has 22 heavy (non-hydrogen) atoms. The molecule has 0 radical (unpaired) electrons. The van der Waals surface area contributed by atoms with Crippen molar-refractivity contribution in [1.82, 2.24) is 14.7 Å². The van der Waals surface area contributed by atoms with Crippen LogP contribution in [0.15, 0.2) is 30.3 Å². The van der Waals surface area contributed by atoms with E-state index in [1.807, 2.05) is 19.0 Å². The standard InChI is InChI=1S/C18H27N3O/c1-19(2)17(22)20-14-10-18(11-15-20,21-12-6-7-13-21)16-8-4-3-5-9-16/h3-5,8-9H,6-7,10-15H2,1-2H3. The lowest BCUT2D eigenvalue weighted by molar-refractivity contribution is 0.0410. The van der Waals surface area contributed by atoms with E-state index in [0.717, 1.165) is 25.9 Å². The van der Waals surface area contributed by atoms with Crippen molar-refractivity contribution in [2.75, 3.05) is 40.3 Å². The van der Waals surface area contributed by atoms with Gasteiger partial charge in [-0.3, -0.25) is 4.90 Å². The molecule has 2 aliphatic heterocycles. The molecule has 0 aliphatic carbocycles. The van der Waals surface area contributed by atoms with Gasteiger partial charge in [-0.2, -0.15) is 0 Å². The maximum atomic E-state index is 12.2. The van der Waals surface area contributed by atoms with Crippen LogP contribution in [0.3, 0.4) is 0 Å². The van der Waals surface area contributed by atoms with Gasteiger partial charge in [-0.25, -0.2) is 4.79 Å². The van der Waals surface area contributed by atoms with Gasteiger partial charge < -0.3 is 9.80 Å². The molecule has 0 aromatic heterocycles. The topological polar surface area (TPSA) is 26.8 Å². The fourth-order valence-corrected chi connectivity index (χ4v) is 4.03. The number of benzene rings is 1. The first kappa shape index (κ1) is 15.3. The Labute approximate surface area is 133 Å². The predicted molar refractivity (Wildman–Crippen MR) is 88.8 cm³/mol. The van der Waals surface area contributed by atoms with Gasteiger partial charge in [0, 0.05) is 32.7 Å².